The first-order valence-electron chi connectivity index (χ1n) is 11.1. The van der Waals surface area contributed by atoms with Crippen molar-refractivity contribution in [1.82, 2.24) is 24.8 Å². The number of aryl methyl sites for hydroxylation is 1. The van der Waals surface area contributed by atoms with Crippen molar-refractivity contribution in [1.29, 1.82) is 0 Å². The van der Waals surface area contributed by atoms with Gasteiger partial charge in [0.25, 0.3) is 5.91 Å². The summed E-state index contributed by atoms with van der Waals surface area (Å²) < 4.78 is 5.83. The molecule has 1 amide bonds. The molecule has 0 N–H and O–H groups in total. The maximum atomic E-state index is 13.1. The van der Waals surface area contributed by atoms with Gasteiger partial charge >= 0.3 is 0 Å². The zero-order valence-electron chi connectivity index (χ0n) is 19.0. The van der Waals surface area contributed by atoms with Gasteiger partial charge in [0.1, 0.15) is 17.1 Å². The number of piperidine rings is 1. The second kappa shape index (κ2) is 8.61. The van der Waals surface area contributed by atoms with E-state index in [1.165, 1.54) is 0 Å². The van der Waals surface area contributed by atoms with Gasteiger partial charge in [0.2, 0.25) is 0 Å². The zero-order valence-corrected chi connectivity index (χ0v) is 19.0. The number of carbonyl (C=O) groups excluding carboxylic acids is 1. The molecule has 0 unspecified atom stereocenters. The molecule has 1 aliphatic heterocycles. The number of hydrogen-bond donors (Lipinski definition) is 0. The molecular formula is C25H26N6O2. The average molecular weight is 443 g/mol. The van der Waals surface area contributed by atoms with Crippen LogP contribution in [0.15, 0.2) is 53.3 Å². The van der Waals surface area contributed by atoms with Crippen molar-refractivity contribution >= 4 is 22.7 Å². The minimum Gasteiger partial charge on any atom is -0.451 e. The van der Waals surface area contributed by atoms with Gasteiger partial charge in [-0.05, 0) is 38.0 Å². The standard InChI is InChI=1S/C25H26N6O2/c1-16-4-5-21-18(12-16)13-22(33-21)25(32)31-10-6-17(7-11-31)19-14-23(30(2)3)29-24(28-19)20-15-26-8-9-27-20/h4-5,8-9,12-15,17H,6-7,10-11H2,1-3H3. The van der Waals surface area contributed by atoms with Crippen LogP contribution in [0.25, 0.3) is 22.5 Å². The van der Waals surface area contributed by atoms with Gasteiger partial charge in [-0.2, -0.15) is 0 Å². The third kappa shape index (κ3) is 4.28. The topological polar surface area (TPSA) is 88.3 Å². The Morgan fingerprint density at radius 1 is 1.09 bits per heavy atom. The van der Waals surface area contributed by atoms with Crippen molar-refractivity contribution < 1.29 is 9.21 Å². The Bertz CT molecular complexity index is 1290. The van der Waals surface area contributed by atoms with E-state index in [2.05, 4.69) is 15.0 Å². The second-order valence-electron chi connectivity index (χ2n) is 8.68. The fraction of sp³-hybridized carbons (Fsp3) is 0.320. The third-order valence-electron chi connectivity index (χ3n) is 6.07. The van der Waals surface area contributed by atoms with E-state index in [1.807, 2.05) is 61.2 Å². The highest BCUT2D eigenvalue weighted by molar-refractivity contribution is 5.96. The summed E-state index contributed by atoms with van der Waals surface area (Å²) in [5, 5.41) is 0.960. The molecule has 5 rings (SSSR count). The van der Waals surface area contributed by atoms with Gasteiger partial charge in [-0.3, -0.25) is 9.78 Å². The monoisotopic (exact) mass is 442 g/mol. The number of hydrogen-bond acceptors (Lipinski definition) is 7. The van der Waals surface area contributed by atoms with Crippen LogP contribution in [0, 0.1) is 6.92 Å². The van der Waals surface area contributed by atoms with Crippen molar-refractivity contribution in [2.24, 2.45) is 0 Å². The van der Waals surface area contributed by atoms with Gasteiger partial charge in [0.05, 0.1) is 6.20 Å². The Morgan fingerprint density at radius 3 is 2.64 bits per heavy atom. The molecule has 8 nitrogen and oxygen atoms in total. The molecule has 0 spiro atoms. The smallest absolute Gasteiger partial charge is 0.289 e. The predicted octanol–water partition coefficient (Wildman–Crippen LogP) is 4.07. The van der Waals surface area contributed by atoms with Crippen LogP contribution < -0.4 is 4.90 Å². The molecule has 0 bridgehead atoms. The summed E-state index contributed by atoms with van der Waals surface area (Å²) in [6.07, 6.45) is 6.61. The highest BCUT2D eigenvalue weighted by atomic mass is 16.3. The summed E-state index contributed by atoms with van der Waals surface area (Å²) in [6.45, 7) is 3.34. The van der Waals surface area contributed by atoms with E-state index in [0.29, 0.717) is 30.4 Å². The van der Waals surface area contributed by atoms with Crippen molar-refractivity contribution in [3.05, 3.63) is 65.9 Å². The summed E-state index contributed by atoms with van der Waals surface area (Å²) in [5.74, 6) is 1.98. The number of rotatable bonds is 4. The van der Waals surface area contributed by atoms with Crippen LogP contribution in [0.2, 0.25) is 0 Å². The number of fused-ring (bicyclic) bond motifs is 1. The van der Waals surface area contributed by atoms with E-state index in [0.717, 1.165) is 40.9 Å². The average Bonchev–Trinajstić information content (AvgIpc) is 3.27. The lowest BCUT2D eigenvalue weighted by atomic mass is 9.93. The zero-order chi connectivity index (χ0) is 22.9. The van der Waals surface area contributed by atoms with Crippen LogP contribution in [-0.4, -0.2) is 57.9 Å². The maximum Gasteiger partial charge on any atom is 0.289 e. The number of nitrogens with zero attached hydrogens (tertiary/aromatic N) is 6. The first kappa shape index (κ1) is 21.1. The number of likely N-dealkylation sites (tertiary alicyclic amines) is 1. The minimum atomic E-state index is -0.0563. The molecular weight excluding hydrogens is 416 g/mol. The fourth-order valence-corrected chi connectivity index (χ4v) is 4.22. The lowest BCUT2D eigenvalue weighted by molar-refractivity contribution is 0.0682. The van der Waals surface area contributed by atoms with Crippen LogP contribution in [-0.2, 0) is 0 Å². The molecule has 8 heteroatoms. The quantitative estimate of drug-likeness (QED) is 0.471. The summed E-state index contributed by atoms with van der Waals surface area (Å²) in [7, 11) is 3.92. The molecule has 4 aromatic rings. The molecule has 0 saturated carbocycles. The number of aromatic nitrogens is 4. The summed E-state index contributed by atoms with van der Waals surface area (Å²) in [6, 6.07) is 9.82. The molecule has 1 fully saturated rings. The van der Waals surface area contributed by atoms with Crippen molar-refractivity contribution in [2.45, 2.75) is 25.7 Å². The van der Waals surface area contributed by atoms with E-state index < -0.39 is 0 Å². The Labute approximate surface area is 192 Å². The van der Waals surface area contributed by atoms with E-state index in [1.54, 1.807) is 18.6 Å². The lowest BCUT2D eigenvalue weighted by Crippen LogP contribution is -2.38. The second-order valence-corrected chi connectivity index (χ2v) is 8.68. The van der Waals surface area contributed by atoms with Gasteiger partial charge in [-0.25, -0.2) is 15.0 Å². The summed E-state index contributed by atoms with van der Waals surface area (Å²) in [4.78, 5) is 34.9. The van der Waals surface area contributed by atoms with Gasteiger partial charge in [0, 0.05) is 62.6 Å². The molecule has 33 heavy (non-hydrogen) atoms. The SMILES string of the molecule is Cc1ccc2oc(C(=O)N3CCC(c4cc(N(C)C)nc(-c5cnccn5)n4)CC3)cc2c1. The number of carbonyl (C=O) groups is 1. The molecule has 0 radical (unpaired) electrons. The molecule has 1 aliphatic rings. The van der Waals surface area contributed by atoms with Crippen LogP contribution in [0.3, 0.4) is 0 Å². The number of furan rings is 1. The van der Waals surface area contributed by atoms with E-state index in [-0.39, 0.29) is 11.8 Å². The first-order valence-corrected chi connectivity index (χ1v) is 11.1. The summed E-state index contributed by atoms with van der Waals surface area (Å²) in [5.41, 5.74) is 3.51. The maximum absolute atomic E-state index is 13.1. The van der Waals surface area contributed by atoms with Crippen molar-refractivity contribution in [3.63, 3.8) is 0 Å². The first-order chi connectivity index (χ1) is 16.0. The fourth-order valence-electron chi connectivity index (χ4n) is 4.22. The normalized spacial score (nSPS) is 14.6. The van der Waals surface area contributed by atoms with Crippen molar-refractivity contribution in [3.8, 4) is 11.5 Å². The number of benzene rings is 1. The highest BCUT2D eigenvalue weighted by Crippen LogP contribution is 2.31. The Hall–Kier alpha value is -3.81. The van der Waals surface area contributed by atoms with Gasteiger partial charge in [-0.1, -0.05) is 11.6 Å². The highest BCUT2D eigenvalue weighted by Gasteiger charge is 2.28. The Kier molecular flexibility index (Phi) is 5.50. The third-order valence-corrected chi connectivity index (χ3v) is 6.07. The lowest BCUT2D eigenvalue weighted by Gasteiger charge is -2.31. The minimum absolute atomic E-state index is 0.0563. The van der Waals surface area contributed by atoms with Crippen LogP contribution in [0.4, 0.5) is 5.82 Å². The Balaban J connectivity index is 1.34. The molecule has 0 atom stereocenters. The van der Waals surface area contributed by atoms with Gasteiger partial charge in [-0.15, -0.1) is 0 Å². The van der Waals surface area contributed by atoms with Crippen molar-refractivity contribution in [2.75, 3.05) is 32.1 Å². The molecule has 1 saturated heterocycles. The van der Waals surface area contributed by atoms with Crippen LogP contribution in [0.1, 0.15) is 40.6 Å². The van der Waals surface area contributed by atoms with Crippen LogP contribution in [0.5, 0.6) is 0 Å². The predicted molar refractivity (Wildman–Crippen MR) is 126 cm³/mol. The van der Waals surface area contributed by atoms with Gasteiger partial charge < -0.3 is 14.2 Å². The molecule has 0 aliphatic carbocycles. The number of anilines is 1. The number of amides is 1. The van der Waals surface area contributed by atoms with E-state index >= 15 is 0 Å². The summed E-state index contributed by atoms with van der Waals surface area (Å²) >= 11 is 0. The molecule has 1 aromatic carbocycles. The Morgan fingerprint density at radius 2 is 1.91 bits per heavy atom. The molecule has 168 valence electrons. The van der Waals surface area contributed by atoms with E-state index in [9.17, 15) is 4.79 Å². The van der Waals surface area contributed by atoms with Crippen LogP contribution >= 0.6 is 0 Å². The molecule has 4 heterocycles. The van der Waals surface area contributed by atoms with Gasteiger partial charge in [0.15, 0.2) is 11.6 Å². The largest absolute Gasteiger partial charge is 0.451 e. The molecule has 3 aromatic heterocycles. The van der Waals surface area contributed by atoms with E-state index in [4.69, 9.17) is 9.40 Å².